The van der Waals surface area contributed by atoms with E-state index in [1.807, 2.05) is 53.4 Å². The Labute approximate surface area is 197 Å². The van der Waals surface area contributed by atoms with Gasteiger partial charge in [-0.3, -0.25) is 9.59 Å². The molecule has 8 heteroatoms. The summed E-state index contributed by atoms with van der Waals surface area (Å²) in [6.07, 6.45) is 0.828. The van der Waals surface area contributed by atoms with Crippen LogP contribution in [-0.2, 0) is 0 Å². The van der Waals surface area contributed by atoms with E-state index in [-0.39, 0.29) is 5.91 Å². The second kappa shape index (κ2) is 9.23. The highest BCUT2D eigenvalue weighted by molar-refractivity contribution is 5.97. The summed E-state index contributed by atoms with van der Waals surface area (Å²) >= 11 is 0. The fraction of sp³-hybridized carbons (Fsp3) is 0.308. The molecule has 1 amide bonds. The number of fused-ring (bicyclic) bond motifs is 3. The van der Waals surface area contributed by atoms with Crippen LogP contribution >= 0.6 is 0 Å². The number of carbonyl (C=O) groups excluding carboxylic acids is 2. The number of ether oxygens (including phenoxy) is 1. The van der Waals surface area contributed by atoms with E-state index >= 15 is 0 Å². The second-order valence-electron chi connectivity index (χ2n) is 9.04. The first-order chi connectivity index (χ1) is 16.6. The van der Waals surface area contributed by atoms with Crippen LogP contribution in [0.1, 0.15) is 20.7 Å². The van der Waals surface area contributed by atoms with Crippen molar-refractivity contribution in [3.05, 3.63) is 65.7 Å². The largest absolute Gasteiger partial charge is 0.496 e. The van der Waals surface area contributed by atoms with Crippen molar-refractivity contribution >= 4 is 34.0 Å². The Kier molecular flexibility index (Phi) is 5.98. The maximum absolute atomic E-state index is 12.6. The molecule has 0 bridgehead atoms. The van der Waals surface area contributed by atoms with Gasteiger partial charge in [0.05, 0.1) is 7.11 Å². The molecule has 2 saturated heterocycles. The highest BCUT2D eigenvalue weighted by Crippen LogP contribution is 2.31. The van der Waals surface area contributed by atoms with Gasteiger partial charge >= 0.3 is 0 Å². The monoisotopic (exact) mass is 457 g/mol. The van der Waals surface area contributed by atoms with Crippen molar-refractivity contribution in [2.24, 2.45) is 11.8 Å². The van der Waals surface area contributed by atoms with Gasteiger partial charge in [-0.25, -0.2) is 0 Å². The number of rotatable bonds is 3. The maximum Gasteiger partial charge on any atom is 0.253 e. The van der Waals surface area contributed by atoms with Gasteiger partial charge in [-0.05, 0) is 54.6 Å². The Morgan fingerprint density at radius 3 is 2.47 bits per heavy atom. The molecule has 2 aliphatic rings. The minimum atomic E-state index is 0.118. The quantitative estimate of drug-likeness (QED) is 0.475. The van der Waals surface area contributed by atoms with Crippen molar-refractivity contribution in [1.29, 1.82) is 0 Å². The summed E-state index contributed by atoms with van der Waals surface area (Å²) in [5.41, 5.74) is 2.89. The molecule has 2 unspecified atom stereocenters. The molecule has 6 rings (SSSR count). The molecule has 0 aliphatic carbocycles. The molecule has 0 spiro atoms. The van der Waals surface area contributed by atoms with Crippen molar-refractivity contribution in [3.8, 4) is 5.75 Å². The van der Waals surface area contributed by atoms with Gasteiger partial charge in [0, 0.05) is 42.7 Å². The highest BCUT2D eigenvalue weighted by atomic mass is 16.5. The van der Waals surface area contributed by atoms with Gasteiger partial charge in [0.15, 0.2) is 0 Å². The summed E-state index contributed by atoms with van der Waals surface area (Å²) in [4.78, 5) is 27.6. The molecule has 2 aliphatic heterocycles. The van der Waals surface area contributed by atoms with E-state index in [9.17, 15) is 9.59 Å². The lowest BCUT2D eigenvalue weighted by molar-refractivity contribution is 0.0776. The number of hydrogen-bond acceptors (Lipinski definition) is 6. The molecule has 0 saturated carbocycles. The number of carbonyl (C=O) groups is 2. The average molecular weight is 458 g/mol. The van der Waals surface area contributed by atoms with Crippen molar-refractivity contribution < 1.29 is 14.3 Å². The second-order valence-corrected chi connectivity index (χ2v) is 9.04. The summed E-state index contributed by atoms with van der Waals surface area (Å²) in [6, 6.07) is 16.9. The molecule has 34 heavy (non-hydrogen) atoms. The van der Waals surface area contributed by atoms with Crippen LogP contribution < -0.4 is 4.74 Å². The molecular weight excluding hydrogens is 430 g/mol. The van der Waals surface area contributed by atoms with Gasteiger partial charge in [0.1, 0.15) is 23.1 Å². The number of benzene rings is 3. The van der Waals surface area contributed by atoms with Gasteiger partial charge in [0.25, 0.3) is 5.91 Å². The van der Waals surface area contributed by atoms with Crippen LogP contribution in [0.3, 0.4) is 0 Å². The Morgan fingerprint density at radius 2 is 1.74 bits per heavy atom. The van der Waals surface area contributed by atoms with E-state index in [0.29, 0.717) is 23.0 Å². The number of H-pyrrole nitrogens is 1. The number of methoxy groups -OCH3 is 1. The van der Waals surface area contributed by atoms with Crippen LogP contribution in [0.25, 0.3) is 21.8 Å². The molecule has 4 aromatic rings. The first-order valence-electron chi connectivity index (χ1n) is 11.4. The minimum absolute atomic E-state index is 0.118. The molecule has 1 N–H and O–H groups in total. The summed E-state index contributed by atoms with van der Waals surface area (Å²) in [5, 5.41) is 12.7. The first kappa shape index (κ1) is 22.0. The topological polar surface area (TPSA) is 91.4 Å². The van der Waals surface area contributed by atoms with E-state index in [1.165, 1.54) is 0 Å². The maximum atomic E-state index is 12.6. The zero-order chi connectivity index (χ0) is 23.7. The first-order valence-corrected chi connectivity index (χ1v) is 11.4. The number of nitrogens with one attached hydrogen (secondary N) is 1. The fourth-order valence-corrected chi connectivity index (χ4v) is 5.08. The number of aldehydes is 1. The number of hydrogen-bond donors (Lipinski definition) is 1. The lowest BCUT2D eigenvalue weighted by atomic mass is 10.0. The number of nitrogens with zero attached hydrogens (tertiary/aromatic N) is 4. The van der Waals surface area contributed by atoms with E-state index in [1.54, 1.807) is 13.2 Å². The van der Waals surface area contributed by atoms with Crippen molar-refractivity contribution in [2.75, 3.05) is 40.3 Å². The number of amides is 1. The summed E-state index contributed by atoms with van der Waals surface area (Å²) in [7, 11) is 3.76. The zero-order valence-corrected chi connectivity index (χ0v) is 19.3. The third-order valence-corrected chi connectivity index (χ3v) is 6.72. The third-order valence-electron chi connectivity index (χ3n) is 6.72. The zero-order valence-electron chi connectivity index (χ0n) is 19.3. The predicted octanol–water partition coefficient (Wildman–Crippen LogP) is 3.25. The smallest absolute Gasteiger partial charge is 0.253 e. The fourth-order valence-electron chi connectivity index (χ4n) is 5.08. The Hall–Kier alpha value is -3.78. The average Bonchev–Trinajstić information content (AvgIpc) is 3.57. The lowest BCUT2D eigenvalue weighted by Crippen LogP contribution is -2.32. The molecule has 2 atom stereocenters. The van der Waals surface area contributed by atoms with Crippen LogP contribution in [-0.4, -0.2) is 77.7 Å². The summed E-state index contributed by atoms with van der Waals surface area (Å²) in [6.45, 7) is 3.98. The third kappa shape index (κ3) is 4.24. The van der Waals surface area contributed by atoms with E-state index in [2.05, 4.69) is 27.4 Å². The molecule has 3 aromatic carbocycles. The van der Waals surface area contributed by atoms with Gasteiger partial charge in [0.2, 0.25) is 0 Å². The van der Waals surface area contributed by atoms with Crippen LogP contribution in [0.4, 0.5) is 0 Å². The van der Waals surface area contributed by atoms with Gasteiger partial charge in [-0.1, -0.05) is 24.3 Å². The molecule has 174 valence electrons. The highest BCUT2D eigenvalue weighted by Gasteiger charge is 2.40. The van der Waals surface area contributed by atoms with Crippen LogP contribution in [0.15, 0.2) is 54.6 Å². The SMILES string of the molecule is CN1CC2CN(C(=O)c3ccc4n[nH]nc4c3)CC2C1.COc1cc(C=O)cc2ccccc12. The van der Waals surface area contributed by atoms with E-state index < -0.39 is 0 Å². The van der Waals surface area contributed by atoms with Gasteiger partial charge in [-0.15, -0.1) is 0 Å². The van der Waals surface area contributed by atoms with Crippen LogP contribution in [0.2, 0.25) is 0 Å². The van der Waals surface area contributed by atoms with E-state index in [4.69, 9.17) is 4.74 Å². The number of likely N-dealkylation sites (tertiary alicyclic amines) is 2. The van der Waals surface area contributed by atoms with Crippen molar-refractivity contribution in [3.63, 3.8) is 0 Å². The molecule has 8 nitrogen and oxygen atoms in total. The Bertz CT molecular complexity index is 1340. The van der Waals surface area contributed by atoms with Gasteiger partial charge < -0.3 is 14.5 Å². The predicted molar refractivity (Wildman–Crippen MR) is 130 cm³/mol. The summed E-state index contributed by atoms with van der Waals surface area (Å²) in [5.74, 6) is 2.14. The van der Waals surface area contributed by atoms with Gasteiger partial charge in [-0.2, -0.15) is 15.4 Å². The lowest BCUT2D eigenvalue weighted by Gasteiger charge is -2.19. The summed E-state index contributed by atoms with van der Waals surface area (Å²) < 4.78 is 5.21. The molecule has 1 aromatic heterocycles. The van der Waals surface area contributed by atoms with Crippen molar-refractivity contribution in [1.82, 2.24) is 25.2 Å². The number of aromatic amines is 1. The molecule has 2 fully saturated rings. The number of aromatic nitrogens is 3. The van der Waals surface area contributed by atoms with Crippen molar-refractivity contribution in [2.45, 2.75) is 0 Å². The Balaban J connectivity index is 0.000000152. The normalized spacial score (nSPS) is 19.6. The molecular formula is C26H27N5O3. The Morgan fingerprint density at radius 1 is 1.00 bits per heavy atom. The standard InChI is InChI=1S/C14H17N5O.C12H10O2/c1-18-5-10-7-19(8-11(10)6-18)14(20)9-2-3-12-13(4-9)16-17-15-12;1-14-12-7-9(8-13)6-10-4-2-3-5-11(10)12/h2-4,10-11H,5-8H2,1H3,(H,15,16,17);2-8H,1H3. The minimum Gasteiger partial charge on any atom is -0.496 e. The van der Waals surface area contributed by atoms with Crippen LogP contribution in [0, 0.1) is 11.8 Å². The van der Waals surface area contributed by atoms with Crippen LogP contribution in [0.5, 0.6) is 5.75 Å². The molecule has 0 radical (unpaired) electrons. The molecule has 3 heterocycles. The van der Waals surface area contributed by atoms with E-state index in [0.717, 1.165) is 60.0 Å².